The second-order valence-electron chi connectivity index (χ2n) is 5.89. The van der Waals surface area contributed by atoms with Crippen LogP contribution in [0, 0.1) is 0 Å². The van der Waals surface area contributed by atoms with Crippen LogP contribution < -0.4 is 15.4 Å². The number of aryl methyl sites for hydroxylation is 1. The van der Waals surface area contributed by atoms with Crippen molar-refractivity contribution < 1.29 is 17.9 Å². The topological polar surface area (TPSA) is 84.5 Å². The molecule has 2 unspecified atom stereocenters. The minimum atomic E-state index is -3.11. The molecule has 1 saturated heterocycles. The molecule has 2 rings (SSSR count). The van der Waals surface area contributed by atoms with Crippen molar-refractivity contribution in [1.29, 1.82) is 0 Å². The lowest BCUT2D eigenvalue weighted by atomic mass is 10.1. The van der Waals surface area contributed by atoms with Gasteiger partial charge in [-0.3, -0.25) is 0 Å². The normalized spacial score (nSPS) is 23.1. The van der Waals surface area contributed by atoms with Crippen molar-refractivity contribution in [2.45, 2.75) is 44.4 Å². The molecule has 0 radical (unpaired) electrons. The highest BCUT2D eigenvalue weighted by Gasteiger charge is 2.31. The van der Waals surface area contributed by atoms with Gasteiger partial charge in [0.2, 0.25) is 0 Å². The zero-order chi connectivity index (χ0) is 17.0. The van der Waals surface area contributed by atoms with Gasteiger partial charge in [0.05, 0.1) is 18.1 Å². The van der Waals surface area contributed by atoms with E-state index in [4.69, 9.17) is 4.74 Å². The van der Waals surface area contributed by atoms with E-state index < -0.39 is 15.9 Å². The monoisotopic (exact) mass is 340 g/mol. The Hall–Kier alpha value is -1.76. The number of sulfone groups is 1. The van der Waals surface area contributed by atoms with Gasteiger partial charge in [0.1, 0.15) is 5.75 Å². The van der Waals surface area contributed by atoms with Gasteiger partial charge >= 0.3 is 6.03 Å². The minimum Gasteiger partial charge on any atom is -0.496 e. The average molecular weight is 340 g/mol. The third-order valence-corrected chi connectivity index (χ3v) is 6.56. The molecule has 1 aliphatic rings. The van der Waals surface area contributed by atoms with Crippen molar-refractivity contribution in [3.8, 4) is 5.75 Å². The Balaban J connectivity index is 1.97. The molecule has 0 spiro atoms. The number of hydrogen-bond acceptors (Lipinski definition) is 4. The van der Waals surface area contributed by atoms with Crippen molar-refractivity contribution in [1.82, 2.24) is 5.32 Å². The van der Waals surface area contributed by atoms with Gasteiger partial charge in [0.15, 0.2) is 9.84 Å². The van der Waals surface area contributed by atoms with Crippen LogP contribution in [0.25, 0.3) is 0 Å². The summed E-state index contributed by atoms with van der Waals surface area (Å²) in [6.07, 6.45) is 2.09. The molecule has 2 N–H and O–H groups in total. The standard InChI is InChI=1S/C16H24N2O4S/c1-4-12-6-8-13(9-15(12)22-3)17-16(19)18-14-7-5-11(2)23(20,21)10-14/h6,8-9,11,14H,4-5,7,10H2,1-3H3,(H2,17,18,19). The average Bonchev–Trinajstić information content (AvgIpc) is 2.50. The Morgan fingerprint density at radius 3 is 2.70 bits per heavy atom. The van der Waals surface area contributed by atoms with E-state index in [0.717, 1.165) is 17.7 Å². The van der Waals surface area contributed by atoms with Crippen LogP contribution in [0.3, 0.4) is 0 Å². The Morgan fingerprint density at radius 1 is 1.35 bits per heavy atom. The first-order valence-electron chi connectivity index (χ1n) is 7.81. The number of benzene rings is 1. The first kappa shape index (κ1) is 17.6. The van der Waals surface area contributed by atoms with Crippen molar-refractivity contribution in [2.75, 3.05) is 18.2 Å². The van der Waals surface area contributed by atoms with E-state index in [-0.39, 0.29) is 17.0 Å². The van der Waals surface area contributed by atoms with Crippen LogP contribution >= 0.6 is 0 Å². The molecule has 0 aromatic heterocycles. The maximum absolute atomic E-state index is 12.1. The summed E-state index contributed by atoms with van der Waals surface area (Å²) in [6, 6.07) is 4.74. The number of rotatable bonds is 4. The number of amides is 2. The molecule has 2 amide bonds. The number of carbonyl (C=O) groups excluding carboxylic acids is 1. The highest BCUT2D eigenvalue weighted by atomic mass is 32.2. The molecule has 128 valence electrons. The van der Waals surface area contributed by atoms with E-state index >= 15 is 0 Å². The molecule has 23 heavy (non-hydrogen) atoms. The summed E-state index contributed by atoms with van der Waals surface area (Å²) in [5, 5.41) is 5.14. The summed E-state index contributed by atoms with van der Waals surface area (Å²) >= 11 is 0. The van der Waals surface area contributed by atoms with E-state index in [1.807, 2.05) is 13.0 Å². The molecule has 1 aromatic carbocycles. The predicted molar refractivity (Wildman–Crippen MR) is 90.8 cm³/mol. The highest BCUT2D eigenvalue weighted by Crippen LogP contribution is 2.24. The van der Waals surface area contributed by atoms with Crippen LogP contribution in [-0.4, -0.2) is 38.6 Å². The van der Waals surface area contributed by atoms with E-state index in [1.54, 1.807) is 26.2 Å². The number of hydrogen-bond donors (Lipinski definition) is 2. The molecule has 7 heteroatoms. The summed E-state index contributed by atoms with van der Waals surface area (Å²) in [7, 11) is -1.52. The molecule has 0 bridgehead atoms. The molecule has 6 nitrogen and oxygen atoms in total. The Bertz CT molecular complexity index is 673. The van der Waals surface area contributed by atoms with Crippen LogP contribution in [-0.2, 0) is 16.3 Å². The number of ether oxygens (including phenoxy) is 1. The van der Waals surface area contributed by atoms with Gasteiger partial charge in [0.25, 0.3) is 0 Å². The Kier molecular flexibility index (Phi) is 5.51. The van der Waals surface area contributed by atoms with Crippen molar-refractivity contribution in [3.63, 3.8) is 0 Å². The van der Waals surface area contributed by atoms with Gasteiger partial charge in [-0.2, -0.15) is 0 Å². The highest BCUT2D eigenvalue weighted by molar-refractivity contribution is 7.92. The lowest BCUT2D eigenvalue weighted by molar-refractivity contribution is 0.248. The fraction of sp³-hybridized carbons (Fsp3) is 0.562. The van der Waals surface area contributed by atoms with E-state index in [2.05, 4.69) is 10.6 Å². The van der Waals surface area contributed by atoms with Crippen LogP contribution in [0.15, 0.2) is 18.2 Å². The SMILES string of the molecule is CCc1ccc(NC(=O)NC2CCC(C)S(=O)(=O)C2)cc1OC. The lowest BCUT2D eigenvalue weighted by Gasteiger charge is -2.27. The first-order chi connectivity index (χ1) is 10.9. The van der Waals surface area contributed by atoms with Crippen LogP contribution in [0.1, 0.15) is 32.3 Å². The second-order valence-corrected chi connectivity index (χ2v) is 8.36. The van der Waals surface area contributed by atoms with Crippen molar-refractivity contribution in [3.05, 3.63) is 23.8 Å². The predicted octanol–water partition coefficient (Wildman–Crippen LogP) is 2.34. The van der Waals surface area contributed by atoms with Gasteiger partial charge in [-0.1, -0.05) is 13.0 Å². The van der Waals surface area contributed by atoms with E-state index in [1.165, 1.54) is 0 Å². The zero-order valence-electron chi connectivity index (χ0n) is 13.8. The maximum atomic E-state index is 12.1. The molecule has 1 heterocycles. The molecule has 0 aliphatic carbocycles. The Morgan fingerprint density at radius 2 is 2.09 bits per heavy atom. The first-order valence-corrected chi connectivity index (χ1v) is 9.53. The molecule has 1 fully saturated rings. The van der Waals surface area contributed by atoms with Gasteiger partial charge in [0, 0.05) is 17.8 Å². The molecular formula is C16H24N2O4S. The number of urea groups is 1. The van der Waals surface area contributed by atoms with E-state index in [9.17, 15) is 13.2 Å². The summed E-state index contributed by atoms with van der Waals surface area (Å²) in [6.45, 7) is 3.75. The second kappa shape index (κ2) is 7.21. The van der Waals surface area contributed by atoms with Crippen LogP contribution in [0.2, 0.25) is 0 Å². The van der Waals surface area contributed by atoms with E-state index in [0.29, 0.717) is 18.5 Å². The van der Waals surface area contributed by atoms with Gasteiger partial charge in [-0.05, 0) is 37.8 Å². The summed E-state index contributed by atoms with van der Waals surface area (Å²) < 4.78 is 29.1. The van der Waals surface area contributed by atoms with Crippen molar-refractivity contribution >= 4 is 21.6 Å². The summed E-state index contributed by atoms with van der Waals surface area (Å²) in [5.74, 6) is 0.721. The zero-order valence-corrected chi connectivity index (χ0v) is 14.6. The Labute approximate surface area is 137 Å². The largest absolute Gasteiger partial charge is 0.496 e. The molecule has 0 saturated carbocycles. The van der Waals surface area contributed by atoms with Crippen molar-refractivity contribution in [2.24, 2.45) is 0 Å². The number of methoxy groups -OCH3 is 1. The minimum absolute atomic E-state index is 0.000317. The fourth-order valence-electron chi connectivity index (χ4n) is 2.72. The molecule has 1 aliphatic heterocycles. The third-order valence-electron chi connectivity index (χ3n) is 4.23. The number of nitrogens with one attached hydrogen (secondary N) is 2. The molecule has 1 aromatic rings. The maximum Gasteiger partial charge on any atom is 0.319 e. The van der Waals surface area contributed by atoms with Gasteiger partial charge in [-0.25, -0.2) is 13.2 Å². The smallest absolute Gasteiger partial charge is 0.319 e. The van der Waals surface area contributed by atoms with Gasteiger partial charge in [-0.15, -0.1) is 0 Å². The van der Waals surface area contributed by atoms with Crippen LogP contribution in [0.4, 0.5) is 10.5 Å². The van der Waals surface area contributed by atoms with Crippen LogP contribution in [0.5, 0.6) is 5.75 Å². The lowest BCUT2D eigenvalue weighted by Crippen LogP contribution is -2.46. The fourth-order valence-corrected chi connectivity index (χ4v) is 4.36. The molecule has 2 atom stereocenters. The summed E-state index contributed by atoms with van der Waals surface area (Å²) in [5.41, 5.74) is 1.68. The van der Waals surface area contributed by atoms with Gasteiger partial charge < -0.3 is 15.4 Å². The number of carbonyl (C=O) groups is 1. The quantitative estimate of drug-likeness (QED) is 0.881. The third kappa shape index (κ3) is 4.37. The molecular weight excluding hydrogens is 316 g/mol. The number of anilines is 1. The summed E-state index contributed by atoms with van der Waals surface area (Å²) in [4.78, 5) is 12.1.